The molecule has 0 heterocycles. The van der Waals surface area contributed by atoms with Crippen LogP contribution in [0.3, 0.4) is 0 Å². The number of nitriles is 1. The highest BCUT2D eigenvalue weighted by molar-refractivity contribution is 8.03. The van der Waals surface area contributed by atoms with Crippen molar-refractivity contribution in [1.82, 2.24) is 0 Å². The molecule has 0 aliphatic rings. The molecule has 0 aromatic carbocycles. The van der Waals surface area contributed by atoms with Gasteiger partial charge in [0.15, 0.2) is 0 Å². The second-order valence-corrected chi connectivity index (χ2v) is 2.11. The van der Waals surface area contributed by atoms with Gasteiger partial charge in [0.2, 0.25) is 0 Å². The lowest BCUT2D eigenvalue weighted by atomic mass is 10.3. The largest absolute Gasteiger partial charge is 0.198 e. The van der Waals surface area contributed by atoms with Gasteiger partial charge in [0, 0.05) is 12.8 Å². The van der Waals surface area contributed by atoms with Crippen molar-refractivity contribution in [2.45, 2.75) is 19.3 Å². The van der Waals surface area contributed by atoms with Crippen LogP contribution in [0.5, 0.6) is 0 Å². The van der Waals surface area contributed by atoms with Gasteiger partial charge in [0.25, 0.3) is 0 Å². The van der Waals surface area contributed by atoms with Crippen LogP contribution in [0.2, 0.25) is 0 Å². The lowest BCUT2D eigenvalue weighted by molar-refractivity contribution is 0.894. The summed E-state index contributed by atoms with van der Waals surface area (Å²) in [6, 6.07) is 2.07. The van der Waals surface area contributed by atoms with Crippen LogP contribution in [0.15, 0.2) is 0 Å². The summed E-state index contributed by atoms with van der Waals surface area (Å²) in [4.78, 5) is 0. The standard InChI is InChI=1S/C7H9NS/c1-9-7-5-3-2-4-6-8/h2-4H2,1H3. The SMILES string of the molecule is CSC#CCCCC#N. The Morgan fingerprint density at radius 3 is 2.78 bits per heavy atom. The minimum Gasteiger partial charge on any atom is -0.198 e. The molecule has 0 N–H and O–H groups in total. The number of nitrogens with zero attached hydrogens (tertiary/aromatic N) is 1. The molecule has 0 radical (unpaired) electrons. The van der Waals surface area contributed by atoms with Crippen LogP contribution < -0.4 is 0 Å². The average molecular weight is 139 g/mol. The molecule has 0 saturated heterocycles. The van der Waals surface area contributed by atoms with Crippen LogP contribution in [0.1, 0.15) is 19.3 Å². The summed E-state index contributed by atoms with van der Waals surface area (Å²) in [5, 5.41) is 11.0. The third-order valence-corrected chi connectivity index (χ3v) is 1.11. The predicted molar refractivity (Wildman–Crippen MR) is 40.8 cm³/mol. The molecule has 0 aromatic heterocycles. The van der Waals surface area contributed by atoms with Gasteiger partial charge in [-0.25, -0.2) is 0 Å². The van der Waals surface area contributed by atoms with Crippen LogP contribution in [-0.4, -0.2) is 6.26 Å². The van der Waals surface area contributed by atoms with Gasteiger partial charge in [-0.1, -0.05) is 17.7 Å². The maximum atomic E-state index is 8.12. The zero-order chi connectivity index (χ0) is 6.95. The molecule has 0 atom stereocenters. The number of hydrogen-bond donors (Lipinski definition) is 0. The van der Waals surface area contributed by atoms with Crippen LogP contribution in [-0.2, 0) is 0 Å². The van der Waals surface area contributed by atoms with E-state index in [2.05, 4.69) is 17.2 Å². The Labute approximate surface area is 60.4 Å². The lowest BCUT2D eigenvalue weighted by Gasteiger charge is -1.79. The maximum absolute atomic E-state index is 8.12. The molecule has 9 heavy (non-hydrogen) atoms. The Bertz CT molecular complexity index is 147. The van der Waals surface area contributed by atoms with E-state index in [9.17, 15) is 0 Å². The summed E-state index contributed by atoms with van der Waals surface area (Å²) >= 11 is 1.52. The van der Waals surface area contributed by atoms with E-state index < -0.39 is 0 Å². The normalized spacial score (nSPS) is 7.11. The minimum absolute atomic E-state index is 0.628. The molecule has 0 amide bonds. The molecule has 0 aliphatic carbocycles. The first-order valence-corrected chi connectivity index (χ1v) is 4.02. The van der Waals surface area contributed by atoms with E-state index >= 15 is 0 Å². The highest BCUT2D eigenvalue weighted by Crippen LogP contribution is 1.92. The first kappa shape index (κ1) is 8.40. The van der Waals surface area contributed by atoms with Crippen molar-refractivity contribution in [1.29, 1.82) is 5.26 Å². The van der Waals surface area contributed by atoms with Gasteiger partial charge in [-0.05, 0) is 17.9 Å². The van der Waals surface area contributed by atoms with E-state index in [1.165, 1.54) is 11.8 Å². The molecular formula is C7H9NS. The van der Waals surface area contributed by atoms with E-state index in [-0.39, 0.29) is 0 Å². The van der Waals surface area contributed by atoms with E-state index in [1.807, 2.05) is 6.26 Å². The number of hydrogen-bond acceptors (Lipinski definition) is 2. The summed E-state index contributed by atoms with van der Waals surface area (Å²) in [5.74, 6) is 2.93. The Hall–Kier alpha value is -0.600. The van der Waals surface area contributed by atoms with Crippen molar-refractivity contribution in [2.75, 3.05) is 6.26 Å². The fraction of sp³-hybridized carbons (Fsp3) is 0.571. The summed E-state index contributed by atoms with van der Waals surface area (Å²) < 4.78 is 0. The molecule has 2 heteroatoms. The van der Waals surface area contributed by atoms with Crippen molar-refractivity contribution in [2.24, 2.45) is 0 Å². The molecule has 0 aromatic rings. The second-order valence-electron chi connectivity index (χ2n) is 1.49. The van der Waals surface area contributed by atoms with Gasteiger partial charge in [0.1, 0.15) is 0 Å². The highest BCUT2D eigenvalue weighted by Gasteiger charge is 1.78. The van der Waals surface area contributed by atoms with Gasteiger partial charge < -0.3 is 0 Å². The molecule has 48 valence electrons. The Balaban J connectivity index is 3.01. The topological polar surface area (TPSA) is 23.8 Å². The van der Waals surface area contributed by atoms with E-state index in [0.29, 0.717) is 6.42 Å². The Kier molecular flexibility index (Phi) is 6.91. The molecule has 0 saturated carbocycles. The van der Waals surface area contributed by atoms with Crippen molar-refractivity contribution < 1.29 is 0 Å². The molecule has 0 spiro atoms. The molecular weight excluding hydrogens is 130 g/mol. The van der Waals surface area contributed by atoms with E-state index in [0.717, 1.165) is 12.8 Å². The van der Waals surface area contributed by atoms with E-state index in [4.69, 9.17) is 5.26 Å². The van der Waals surface area contributed by atoms with Crippen molar-refractivity contribution in [3.8, 4) is 17.2 Å². The first-order chi connectivity index (χ1) is 4.41. The second kappa shape index (κ2) is 7.40. The zero-order valence-electron chi connectivity index (χ0n) is 5.48. The number of thioether (sulfide) groups is 1. The highest BCUT2D eigenvalue weighted by atomic mass is 32.2. The summed E-state index contributed by atoms with van der Waals surface area (Å²) in [6.45, 7) is 0. The van der Waals surface area contributed by atoms with Crippen molar-refractivity contribution in [3.05, 3.63) is 0 Å². The lowest BCUT2D eigenvalue weighted by Crippen LogP contribution is -1.67. The third-order valence-electron chi connectivity index (χ3n) is 0.765. The summed E-state index contributed by atoms with van der Waals surface area (Å²) in [6.07, 6.45) is 4.33. The maximum Gasteiger partial charge on any atom is 0.0622 e. The van der Waals surface area contributed by atoms with Crippen LogP contribution in [0, 0.1) is 22.5 Å². The fourth-order valence-corrected chi connectivity index (χ4v) is 0.625. The third kappa shape index (κ3) is 7.40. The van der Waals surface area contributed by atoms with Gasteiger partial charge in [-0.15, -0.1) is 0 Å². The Morgan fingerprint density at radius 1 is 1.44 bits per heavy atom. The zero-order valence-corrected chi connectivity index (χ0v) is 6.29. The van der Waals surface area contributed by atoms with Crippen LogP contribution in [0.4, 0.5) is 0 Å². The molecule has 0 rings (SSSR count). The molecule has 1 nitrogen and oxygen atoms in total. The predicted octanol–water partition coefficient (Wildman–Crippen LogP) is 2.00. The fourth-order valence-electron chi connectivity index (χ4n) is 0.379. The van der Waals surface area contributed by atoms with E-state index in [1.54, 1.807) is 0 Å². The smallest absolute Gasteiger partial charge is 0.0622 e. The van der Waals surface area contributed by atoms with Gasteiger partial charge >= 0.3 is 0 Å². The van der Waals surface area contributed by atoms with Crippen LogP contribution in [0.25, 0.3) is 0 Å². The molecule has 0 bridgehead atoms. The van der Waals surface area contributed by atoms with Gasteiger partial charge in [-0.3, -0.25) is 0 Å². The number of unbranched alkanes of at least 4 members (excludes halogenated alkanes) is 2. The van der Waals surface area contributed by atoms with Crippen molar-refractivity contribution in [3.63, 3.8) is 0 Å². The Morgan fingerprint density at radius 2 is 2.22 bits per heavy atom. The number of rotatable bonds is 2. The quantitative estimate of drug-likeness (QED) is 0.431. The van der Waals surface area contributed by atoms with Crippen molar-refractivity contribution >= 4 is 11.8 Å². The first-order valence-electron chi connectivity index (χ1n) is 2.79. The van der Waals surface area contributed by atoms with Crippen LogP contribution >= 0.6 is 11.8 Å². The molecule has 0 unspecified atom stereocenters. The minimum atomic E-state index is 0.628. The molecule has 0 aliphatic heterocycles. The summed E-state index contributed by atoms with van der Waals surface area (Å²) in [7, 11) is 0. The summed E-state index contributed by atoms with van der Waals surface area (Å²) in [5.41, 5.74) is 0. The molecule has 0 fully saturated rings. The van der Waals surface area contributed by atoms with Gasteiger partial charge in [-0.2, -0.15) is 5.26 Å². The monoisotopic (exact) mass is 139 g/mol. The van der Waals surface area contributed by atoms with Gasteiger partial charge in [0.05, 0.1) is 6.07 Å². The average Bonchev–Trinajstić information content (AvgIpc) is 1.89.